The Labute approximate surface area is 146 Å². The number of fused-ring (bicyclic) bond motifs is 1. The number of para-hydroxylation sites is 1. The number of carbonyl (C=O) groups is 2. The molecule has 0 atom stereocenters. The van der Waals surface area contributed by atoms with Crippen molar-refractivity contribution in [1.82, 2.24) is 0 Å². The van der Waals surface area contributed by atoms with Crippen molar-refractivity contribution in [2.45, 2.75) is 12.8 Å². The molecule has 1 aliphatic heterocycles. The maximum atomic E-state index is 12.6. The van der Waals surface area contributed by atoms with Crippen molar-refractivity contribution in [3.8, 4) is 11.5 Å². The van der Waals surface area contributed by atoms with Gasteiger partial charge in [0.1, 0.15) is 0 Å². The van der Waals surface area contributed by atoms with Crippen molar-refractivity contribution in [3.05, 3.63) is 47.5 Å². The summed E-state index contributed by atoms with van der Waals surface area (Å²) in [5.74, 6) is 0.716. The molecule has 0 saturated heterocycles. The predicted octanol–water partition coefficient (Wildman–Crippen LogP) is 2.87. The summed E-state index contributed by atoms with van der Waals surface area (Å²) in [7, 11) is 4.79. The van der Waals surface area contributed by atoms with Gasteiger partial charge in [-0.25, -0.2) is 0 Å². The van der Waals surface area contributed by atoms with Crippen LogP contribution in [0, 0.1) is 0 Å². The van der Waals surface area contributed by atoms with E-state index in [9.17, 15) is 9.59 Å². The van der Waals surface area contributed by atoms with E-state index in [0.717, 1.165) is 11.3 Å². The zero-order valence-electron chi connectivity index (χ0n) is 14.5. The fraction of sp³-hybridized carbons (Fsp3) is 0.263. The number of ether oxygens (including phenoxy) is 2. The zero-order valence-corrected chi connectivity index (χ0v) is 14.5. The van der Waals surface area contributed by atoms with Crippen LogP contribution < -0.4 is 19.7 Å². The van der Waals surface area contributed by atoms with E-state index in [0.29, 0.717) is 35.6 Å². The highest BCUT2D eigenvalue weighted by atomic mass is 16.5. The fourth-order valence-corrected chi connectivity index (χ4v) is 3.00. The van der Waals surface area contributed by atoms with Gasteiger partial charge in [0.15, 0.2) is 11.5 Å². The summed E-state index contributed by atoms with van der Waals surface area (Å²) >= 11 is 0. The molecule has 0 saturated carbocycles. The van der Waals surface area contributed by atoms with Gasteiger partial charge in [-0.2, -0.15) is 0 Å². The van der Waals surface area contributed by atoms with Gasteiger partial charge in [-0.3, -0.25) is 9.59 Å². The van der Waals surface area contributed by atoms with Crippen LogP contribution in [0.5, 0.6) is 11.5 Å². The fourth-order valence-electron chi connectivity index (χ4n) is 3.00. The van der Waals surface area contributed by atoms with Gasteiger partial charge in [0.05, 0.1) is 19.8 Å². The number of methoxy groups -OCH3 is 2. The largest absolute Gasteiger partial charge is 0.493 e. The van der Waals surface area contributed by atoms with Crippen molar-refractivity contribution in [2.75, 3.05) is 31.5 Å². The highest BCUT2D eigenvalue weighted by molar-refractivity contribution is 6.07. The first kappa shape index (κ1) is 16.8. The number of carbonyl (C=O) groups excluding carboxylic acids is 2. The van der Waals surface area contributed by atoms with Gasteiger partial charge in [0, 0.05) is 24.8 Å². The number of anilines is 2. The van der Waals surface area contributed by atoms with Crippen molar-refractivity contribution in [3.63, 3.8) is 0 Å². The minimum Gasteiger partial charge on any atom is -0.493 e. The molecule has 0 unspecified atom stereocenters. The Morgan fingerprint density at radius 2 is 1.92 bits per heavy atom. The van der Waals surface area contributed by atoms with E-state index in [-0.39, 0.29) is 11.8 Å². The number of aryl methyl sites for hydroxylation is 1. The Morgan fingerprint density at radius 1 is 1.12 bits per heavy atom. The number of rotatable bonds is 4. The number of nitrogens with one attached hydrogen (secondary N) is 1. The molecule has 3 rings (SSSR count). The molecule has 1 heterocycles. The molecular formula is C19H20N2O4. The van der Waals surface area contributed by atoms with Crippen LogP contribution in [0.4, 0.5) is 11.4 Å². The first-order valence-electron chi connectivity index (χ1n) is 7.97. The van der Waals surface area contributed by atoms with Gasteiger partial charge in [0.2, 0.25) is 5.91 Å². The molecule has 130 valence electrons. The van der Waals surface area contributed by atoms with Crippen LogP contribution in [0.15, 0.2) is 36.4 Å². The number of nitrogens with zero attached hydrogens (tertiary/aromatic N) is 1. The molecule has 6 heteroatoms. The topological polar surface area (TPSA) is 67.9 Å². The Balaban J connectivity index is 1.86. The molecule has 1 aliphatic rings. The molecular weight excluding hydrogens is 320 g/mol. The minimum atomic E-state index is -0.282. The Morgan fingerprint density at radius 3 is 2.64 bits per heavy atom. The van der Waals surface area contributed by atoms with Crippen molar-refractivity contribution < 1.29 is 19.1 Å². The summed E-state index contributed by atoms with van der Waals surface area (Å²) in [6, 6.07) is 10.7. The molecule has 2 aromatic rings. The summed E-state index contributed by atoms with van der Waals surface area (Å²) in [5, 5.41) is 2.88. The molecule has 0 fully saturated rings. The second kappa shape index (κ2) is 6.84. The molecule has 0 radical (unpaired) electrons. The maximum absolute atomic E-state index is 12.6. The molecule has 6 nitrogen and oxygen atoms in total. The number of benzene rings is 2. The maximum Gasteiger partial charge on any atom is 0.259 e. The van der Waals surface area contributed by atoms with Crippen molar-refractivity contribution in [2.24, 2.45) is 0 Å². The lowest BCUT2D eigenvalue weighted by atomic mass is 10.0. The van der Waals surface area contributed by atoms with E-state index in [4.69, 9.17) is 9.47 Å². The highest BCUT2D eigenvalue weighted by Gasteiger charge is 2.22. The molecule has 0 bridgehead atoms. The van der Waals surface area contributed by atoms with Gasteiger partial charge < -0.3 is 19.7 Å². The van der Waals surface area contributed by atoms with Crippen LogP contribution in [0.2, 0.25) is 0 Å². The molecule has 2 aromatic carbocycles. The SMILES string of the molecule is COc1cccc(C(=O)Nc2ccc3c(c2)CCC(=O)N3C)c1OC. The third-order valence-electron chi connectivity index (χ3n) is 4.33. The molecule has 1 N–H and O–H groups in total. The first-order chi connectivity index (χ1) is 12.0. The van der Waals surface area contributed by atoms with Crippen LogP contribution in [-0.2, 0) is 11.2 Å². The lowest BCUT2D eigenvalue weighted by Crippen LogP contribution is -2.31. The van der Waals surface area contributed by atoms with Crippen LogP contribution in [0.1, 0.15) is 22.3 Å². The van der Waals surface area contributed by atoms with E-state index in [1.54, 1.807) is 36.2 Å². The van der Waals surface area contributed by atoms with Crippen LogP contribution in [0.3, 0.4) is 0 Å². The number of amides is 2. The first-order valence-corrected chi connectivity index (χ1v) is 7.97. The summed E-state index contributed by atoms with van der Waals surface area (Å²) in [4.78, 5) is 26.0. The van der Waals surface area contributed by atoms with Gasteiger partial charge in [-0.1, -0.05) is 6.07 Å². The Bertz CT molecular complexity index is 832. The lowest BCUT2D eigenvalue weighted by Gasteiger charge is -2.26. The number of hydrogen-bond donors (Lipinski definition) is 1. The van der Waals surface area contributed by atoms with E-state index < -0.39 is 0 Å². The summed E-state index contributed by atoms with van der Waals surface area (Å²) in [6.45, 7) is 0. The Kier molecular flexibility index (Phi) is 4.61. The second-order valence-corrected chi connectivity index (χ2v) is 5.79. The summed E-state index contributed by atoms with van der Waals surface area (Å²) in [6.07, 6.45) is 1.15. The van der Waals surface area contributed by atoms with Crippen LogP contribution >= 0.6 is 0 Å². The molecule has 0 aromatic heterocycles. The average molecular weight is 340 g/mol. The third kappa shape index (κ3) is 3.15. The molecule has 0 spiro atoms. The van der Waals surface area contributed by atoms with Crippen molar-refractivity contribution >= 4 is 23.2 Å². The third-order valence-corrected chi connectivity index (χ3v) is 4.33. The monoisotopic (exact) mass is 340 g/mol. The van der Waals surface area contributed by atoms with Crippen LogP contribution in [0.25, 0.3) is 0 Å². The molecule has 2 amide bonds. The van der Waals surface area contributed by atoms with Crippen molar-refractivity contribution in [1.29, 1.82) is 0 Å². The van der Waals surface area contributed by atoms with Gasteiger partial charge >= 0.3 is 0 Å². The molecule has 0 aliphatic carbocycles. The average Bonchev–Trinajstić information content (AvgIpc) is 2.64. The predicted molar refractivity (Wildman–Crippen MR) is 95.7 cm³/mol. The standard InChI is InChI=1S/C19H20N2O4/c1-21-15-9-8-13(11-12(15)7-10-17(21)22)20-19(23)14-5-4-6-16(24-2)18(14)25-3/h4-6,8-9,11H,7,10H2,1-3H3,(H,20,23). The van der Waals surface area contributed by atoms with E-state index >= 15 is 0 Å². The number of hydrogen-bond acceptors (Lipinski definition) is 4. The zero-order chi connectivity index (χ0) is 18.0. The van der Waals surface area contributed by atoms with E-state index in [2.05, 4.69) is 5.32 Å². The van der Waals surface area contributed by atoms with Crippen LogP contribution in [-0.4, -0.2) is 33.1 Å². The van der Waals surface area contributed by atoms with Gasteiger partial charge in [-0.15, -0.1) is 0 Å². The Hall–Kier alpha value is -3.02. The van der Waals surface area contributed by atoms with Gasteiger partial charge in [0.25, 0.3) is 5.91 Å². The summed E-state index contributed by atoms with van der Waals surface area (Å²) < 4.78 is 10.5. The minimum absolute atomic E-state index is 0.102. The lowest BCUT2D eigenvalue weighted by molar-refractivity contribution is -0.118. The second-order valence-electron chi connectivity index (χ2n) is 5.79. The van der Waals surface area contributed by atoms with E-state index in [1.165, 1.54) is 14.2 Å². The molecule has 25 heavy (non-hydrogen) atoms. The quantitative estimate of drug-likeness (QED) is 0.929. The summed E-state index contributed by atoms with van der Waals surface area (Å²) in [5.41, 5.74) is 2.99. The van der Waals surface area contributed by atoms with E-state index in [1.807, 2.05) is 12.1 Å². The highest BCUT2D eigenvalue weighted by Crippen LogP contribution is 2.32. The normalized spacial score (nSPS) is 13.2. The van der Waals surface area contributed by atoms with Gasteiger partial charge in [-0.05, 0) is 42.3 Å². The smallest absolute Gasteiger partial charge is 0.259 e.